The van der Waals surface area contributed by atoms with E-state index < -0.39 is 29.5 Å². The lowest BCUT2D eigenvalue weighted by molar-refractivity contribution is -0.132. The van der Waals surface area contributed by atoms with Crippen molar-refractivity contribution in [1.82, 2.24) is 5.32 Å². The molecule has 1 fully saturated rings. The Morgan fingerprint density at radius 3 is 2.55 bits per heavy atom. The average Bonchev–Trinajstić information content (AvgIpc) is 2.36. The highest BCUT2D eigenvalue weighted by atomic mass is 79.9. The van der Waals surface area contributed by atoms with Crippen LogP contribution >= 0.6 is 15.9 Å². The summed E-state index contributed by atoms with van der Waals surface area (Å²) in [6, 6.07) is 1.12. The average molecular weight is 347 g/mol. The van der Waals surface area contributed by atoms with Gasteiger partial charge >= 0.3 is 0 Å². The van der Waals surface area contributed by atoms with Crippen molar-refractivity contribution in [2.75, 3.05) is 11.4 Å². The number of benzene rings is 1. The van der Waals surface area contributed by atoms with Gasteiger partial charge < -0.3 is 5.32 Å². The fourth-order valence-electron chi connectivity index (χ4n) is 2.04. The van der Waals surface area contributed by atoms with Gasteiger partial charge in [-0.3, -0.25) is 14.5 Å². The van der Waals surface area contributed by atoms with E-state index in [1.54, 1.807) is 13.8 Å². The first-order valence-electron chi connectivity index (χ1n) is 6.06. The number of anilines is 1. The summed E-state index contributed by atoms with van der Waals surface area (Å²) < 4.78 is 27.4. The Labute approximate surface area is 123 Å². The summed E-state index contributed by atoms with van der Waals surface area (Å²) in [5, 5.41) is 2.56. The number of amides is 2. The molecule has 2 amide bonds. The zero-order chi connectivity index (χ0) is 15.0. The van der Waals surface area contributed by atoms with Crippen molar-refractivity contribution >= 4 is 33.4 Å². The predicted octanol–water partition coefficient (Wildman–Crippen LogP) is 2.21. The molecule has 0 saturated carbocycles. The molecule has 1 heterocycles. The van der Waals surface area contributed by atoms with Gasteiger partial charge in [0.05, 0.1) is 10.2 Å². The number of hydrogen-bond acceptors (Lipinski definition) is 2. The van der Waals surface area contributed by atoms with Crippen LogP contribution in [0.5, 0.6) is 0 Å². The second-order valence-corrected chi connectivity index (χ2v) is 5.79. The number of nitrogens with zero attached hydrogens (tertiary/aromatic N) is 1. The van der Waals surface area contributed by atoms with Crippen molar-refractivity contribution in [2.45, 2.75) is 19.9 Å². The fraction of sp³-hybridized carbons (Fsp3) is 0.385. The Bertz CT molecular complexity index is 578. The first-order valence-corrected chi connectivity index (χ1v) is 6.86. The topological polar surface area (TPSA) is 49.4 Å². The lowest BCUT2D eigenvalue weighted by atomic mass is 10.0. The van der Waals surface area contributed by atoms with E-state index in [0.29, 0.717) is 0 Å². The van der Waals surface area contributed by atoms with Crippen molar-refractivity contribution in [3.8, 4) is 0 Å². The molecule has 7 heteroatoms. The van der Waals surface area contributed by atoms with Gasteiger partial charge in [0.15, 0.2) is 0 Å². The van der Waals surface area contributed by atoms with Crippen LogP contribution in [0, 0.1) is 17.6 Å². The fourth-order valence-corrected chi connectivity index (χ4v) is 2.36. The van der Waals surface area contributed by atoms with Crippen molar-refractivity contribution in [2.24, 2.45) is 5.92 Å². The molecule has 1 aliphatic heterocycles. The molecule has 1 N–H and O–H groups in total. The van der Waals surface area contributed by atoms with E-state index in [0.717, 1.165) is 17.0 Å². The van der Waals surface area contributed by atoms with Gasteiger partial charge in [-0.05, 0) is 27.9 Å². The molecule has 0 spiro atoms. The number of nitrogens with one attached hydrogen (secondary N) is 1. The van der Waals surface area contributed by atoms with Gasteiger partial charge in [0.2, 0.25) is 11.8 Å². The summed E-state index contributed by atoms with van der Waals surface area (Å²) in [5.41, 5.74) is -0.226. The number of hydrogen-bond donors (Lipinski definition) is 1. The minimum absolute atomic E-state index is 0.0342. The zero-order valence-corrected chi connectivity index (χ0v) is 12.5. The minimum atomic E-state index is -0.760. The van der Waals surface area contributed by atoms with E-state index in [1.807, 2.05) is 0 Å². The molecule has 1 atom stereocenters. The highest BCUT2D eigenvalue weighted by Gasteiger charge is 2.36. The van der Waals surface area contributed by atoms with E-state index in [4.69, 9.17) is 0 Å². The molecular formula is C13H13BrF2N2O2. The van der Waals surface area contributed by atoms with Crippen LogP contribution in [-0.4, -0.2) is 24.4 Å². The molecule has 1 aliphatic rings. The maximum absolute atomic E-state index is 13.9. The summed E-state index contributed by atoms with van der Waals surface area (Å²) in [4.78, 5) is 24.9. The molecule has 1 saturated heterocycles. The van der Waals surface area contributed by atoms with Gasteiger partial charge in [-0.1, -0.05) is 13.8 Å². The standard InChI is InChI=1S/C13H13BrF2N2O2/c1-6(2)12-13(20)18(5-11(19)17-12)10-4-8(15)7(14)3-9(10)16/h3-4,6,12H,5H2,1-2H3,(H,17,19). The molecule has 4 nitrogen and oxygen atoms in total. The number of rotatable bonds is 2. The lowest BCUT2D eigenvalue weighted by Crippen LogP contribution is -2.60. The zero-order valence-electron chi connectivity index (χ0n) is 10.9. The highest BCUT2D eigenvalue weighted by Crippen LogP contribution is 2.28. The molecular weight excluding hydrogens is 334 g/mol. The summed E-state index contributed by atoms with van der Waals surface area (Å²) in [7, 11) is 0. The Morgan fingerprint density at radius 2 is 1.95 bits per heavy atom. The Kier molecular flexibility index (Phi) is 4.08. The highest BCUT2D eigenvalue weighted by molar-refractivity contribution is 9.10. The van der Waals surface area contributed by atoms with Crippen LogP contribution in [0.3, 0.4) is 0 Å². The van der Waals surface area contributed by atoms with Crippen LogP contribution in [0.2, 0.25) is 0 Å². The summed E-state index contributed by atoms with van der Waals surface area (Å²) in [6.45, 7) is 3.22. The number of piperazine rings is 1. The molecule has 1 unspecified atom stereocenters. The van der Waals surface area contributed by atoms with Crippen LogP contribution in [0.1, 0.15) is 13.8 Å². The Morgan fingerprint density at radius 1 is 1.30 bits per heavy atom. The molecule has 0 radical (unpaired) electrons. The second-order valence-electron chi connectivity index (χ2n) is 4.93. The predicted molar refractivity (Wildman–Crippen MR) is 73.2 cm³/mol. The smallest absolute Gasteiger partial charge is 0.250 e. The van der Waals surface area contributed by atoms with Gasteiger partial charge in [0, 0.05) is 6.07 Å². The van der Waals surface area contributed by atoms with E-state index in [2.05, 4.69) is 21.2 Å². The molecule has 20 heavy (non-hydrogen) atoms. The van der Waals surface area contributed by atoms with Gasteiger partial charge in [-0.15, -0.1) is 0 Å². The third-order valence-corrected chi connectivity index (χ3v) is 3.71. The monoisotopic (exact) mass is 346 g/mol. The van der Waals surface area contributed by atoms with Gasteiger partial charge in [0.25, 0.3) is 0 Å². The Balaban J connectivity index is 2.43. The molecule has 0 aliphatic carbocycles. The van der Waals surface area contributed by atoms with E-state index >= 15 is 0 Å². The summed E-state index contributed by atoms with van der Waals surface area (Å²) in [6.07, 6.45) is 0. The number of carbonyl (C=O) groups excluding carboxylic acids is 2. The van der Waals surface area contributed by atoms with Crippen molar-refractivity contribution in [3.63, 3.8) is 0 Å². The summed E-state index contributed by atoms with van der Waals surface area (Å²) in [5.74, 6) is -2.44. The largest absolute Gasteiger partial charge is 0.342 e. The minimum Gasteiger partial charge on any atom is -0.342 e. The summed E-state index contributed by atoms with van der Waals surface area (Å²) >= 11 is 2.87. The van der Waals surface area contributed by atoms with E-state index in [1.165, 1.54) is 0 Å². The third-order valence-electron chi connectivity index (χ3n) is 3.10. The van der Waals surface area contributed by atoms with Gasteiger partial charge in [-0.25, -0.2) is 8.78 Å². The molecule has 2 rings (SSSR count). The van der Waals surface area contributed by atoms with E-state index in [-0.39, 0.29) is 22.6 Å². The SMILES string of the molecule is CC(C)C1NC(=O)CN(c2cc(F)c(Br)cc2F)C1=O. The van der Waals surface area contributed by atoms with Crippen LogP contribution in [0.4, 0.5) is 14.5 Å². The van der Waals surface area contributed by atoms with Crippen LogP contribution in [0.15, 0.2) is 16.6 Å². The van der Waals surface area contributed by atoms with Crippen LogP contribution < -0.4 is 10.2 Å². The quantitative estimate of drug-likeness (QED) is 0.834. The third kappa shape index (κ3) is 2.67. The second kappa shape index (κ2) is 5.47. The molecule has 0 aromatic heterocycles. The molecule has 108 valence electrons. The Hall–Kier alpha value is -1.50. The molecule has 0 bridgehead atoms. The normalized spacial score (nSPS) is 19.5. The first kappa shape index (κ1) is 14.9. The number of carbonyl (C=O) groups is 2. The first-order chi connectivity index (χ1) is 9.31. The van der Waals surface area contributed by atoms with Gasteiger partial charge in [-0.2, -0.15) is 0 Å². The van der Waals surface area contributed by atoms with Crippen molar-refractivity contribution in [1.29, 1.82) is 0 Å². The van der Waals surface area contributed by atoms with Crippen molar-refractivity contribution < 1.29 is 18.4 Å². The molecule has 1 aromatic rings. The van der Waals surface area contributed by atoms with Crippen molar-refractivity contribution in [3.05, 3.63) is 28.2 Å². The van der Waals surface area contributed by atoms with Crippen LogP contribution in [0.25, 0.3) is 0 Å². The maximum atomic E-state index is 13.9. The van der Waals surface area contributed by atoms with Gasteiger partial charge in [0.1, 0.15) is 24.2 Å². The van der Waals surface area contributed by atoms with Crippen LogP contribution in [-0.2, 0) is 9.59 Å². The number of halogens is 3. The maximum Gasteiger partial charge on any atom is 0.250 e. The lowest BCUT2D eigenvalue weighted by Gasteiger charge is -2.34. The van der Waals surface area contributed by atoms with E-state index in [9.17, 15) is 18.4 Å². The molecule has 1 aromatic carbocycles.